The molecule has 0 aliphatic rings. The third-order valence-corrected chi connectivity index (χ3v) is 3.78. The van der Waals surface area contributed by atoms with Crippen LogP contribution in [-0.2, 0) is 16.0 Å². The molecular weight excluding hydrogens is 354 g/mol. The molecule has 0 bridgehead atoms. The lowest BCUT2D eigenvalue weighted by Crippen LogP contribution is -2.37. The van der Waals surface area contributed by atoms with Gasteiger partial charge < -0.3 is 15.2 Å². The van der Waals surface area contributed by atoms with Crippen molar-refractivity contribution in [3.8, 4) is 5.75 Å². The molecule has 0 spiro atoms. The Morgan fingerprint density at radius 3 is 2.41 bits per heavy atom. The summed E-state index contributed by atoms with van der Waals surface area (Å²) in [5.74, 6) is -0.161. The second kappa shape index (κ2) is 6.37. The zero-order valence-corrected chi connectivity index (χ0v) is 12.6. The van der Waals surface area contributed by atoms with Gasteiger partial charge in [-0.05, 0) is 24.7 Å². The maximum absolute atomic E-state index is 11.5. The topological polar surface area (TPSA) is 58.6 Å². The first kappa shape index (κ1) is 14.5. The summed E-state index contributed by atoms with van der Waals surface area (Å²) in [7, 11) is 3.05. The van der Waals surface area contributed by atoms with Crippen molar-refractivity contribution in [2.24, 2.45) is 0 Å². The minimum atomic E-state index is -0.419. The largest absolute Gasteiger partial charge is 0.508 e. The number of hydrogen-bond acceptors (Lipinski definition) is 4. The molecule has 1 aromatic carbocycles. The van der Waals surface area contributed by atoms with E-state index in [0.29, 0.717) is 6.42 Å². The zero-order chi connectivity index (χ0) is 13.0. The zero-order valence-electron chi connectivity index (χ0n) is 9.46. The summed E-state index contributed by atoms with van der Waals surface area (Å²) in [4.78, 5) is 11.5. The molecule has 0 saturated carbocycles. The lowest BCUT2D eigenvalue weighted by atomic mass is 10.1. The van der Waals surface area contributed by atoms with Crippen LogP contribution in [-0.4, -0.2) is 31.3 Å². The molecule has 0 radical (unpaired) electrons. The highest BCUT2D eigenvalue weighted by molar-refractivity contribution is 9.11. The van der Waals surface area contributed by atoms with Gasteiger partial charge in [0.05, 0.1) is 7.11 Å². The van der Waals surface area contributed by atoms with Gasteiger partial charge in [0, 0.05) is 15.4 Å². The van der Waals surface area contributed by atoms with E-state index >= 15 is 0 Å². The highest BCUT2D eigenvalue weighted by Crippen LogP contribution is 2.31. The number of hydrogen-bond donors (Lipinski definition) is 2. The fourth-order valence-electron chi connectivity index (χ4n) is 1.43. The lowest BCUT2D eigenvalue weighted by Gasteiger charge is -2.16. The maximum atomic E-state index is 11.5. The minimum Gasteiger partial charge on any atom is -0.508 e. The molecule has 0 heterocycles. The number of phenols is 1. The Morgan fingerprint density at radius 1 is 1.47 bits per heavy atom. The number of rotatable bonds is 4. The molecule has 94 valence electrons. The molecule has 0 saturated heterocycles. The first-order valence-corrected chi connectivity index (χ1v) is 6.50. The van der Waals surface area contributed by atoms with Crippen molar-refractivity contribution in [3.05, 3.63) is 26.6 Å². The van der Waals surface area contributed by atoms with Crippen molar-refractivity contribution in [1.29, 1.82) is 0 Å². The molecule has 1 rings (SSSR count). The standard InChI is InChI=1S/C11H13Br2NO3/c1-14-10(11(16)17-2)5-7-8(12)3-6(15)4-9(7)13/h3-4,10,14-15H,5H2,1-2H3/t10-/m0/s1. The van der Waals surface area contributed by atoms with Gasteiger partial charge in [0.25, 0.3) is 0 Å². The summed E-state index contributed by atoms with van der Waals surface area (Å²) in [6.07, 6.45) is 0.463. The van der Waals surface area contributed by atoms with Crippen LogP contribution in [0.5, 0.6) is 5.75 Å². The number of ether oxygens (including phenoxy) is 1. The van der Waals surface area contributed by atoms with Gasteiger partial charge in [-0.3, -0.25) is 4.79 Å². The fraction of sp³-hybridized carbons (Fsp3) is 0.364. The van der Waals surface area contributed by atoms with E-state index in [1.54, 1.807) is 19.2 Å². The maximum Gasteiger partial charge on any atom is 0.323 e. The van der Waals surface area contributed by atoms with Crippen molar-refractivity contribution < 1.29 is 14.6 Å². The summed E-state index contributed by atoms with van der Waals surface area (Å²) >= 11 is 6.71. The van der Waals surface area contributed by atoms with Crippen LogP contribution in [0, 0.1) is 0 Å². The Balaban J connectivity index is 2.98. The highest BCUT2D eigenvalue weighted by Gasteiger charge is 2.20. The number of aromatic hydroxyl groups is 1. The molecule has 0 amide bonds. The number of carbonyl (C=O) groups is 1. The number of methoxy groups -OCH3 is 1. The Labute approximate surface area is 117 Å². The Kier molecular flexibility index (Phi) is 5.42. The van der Waals surface area contributed by atoms with Gasteiger partial charge in [0.2, 0.25) is 0 Å². The molecule has 1 aromatic rings. The van der Waals surface area contributed by atoms with E-state index in [1.807, 2.05) is 0 Å². The molecular formula is C11H13Br2NO3. The van der Waals surface area contributed by atoms with Gasteiger partial charge >= 0.3 is 5.97 Å². The summed E-state index contributed by atoms with van der Waals surface area (Å²) in [5.41, 5.74) is 0.896. The number of benzene rings is 1. The normalized spacial score (nSPS) is 12.2. The second-order valence-corrected chi connectivity index (χ2v) is 5.17. The van der Waals surface area contributed by atoms with Crippen LogP contribution < -0.4 is 5.32 Å². The molecule has 4 nitrogen and oxygen atoms in total. The Morgan fingerprint density at radius 2 is 2.00 bits per heavy atom. The van der Waals surface area contributed by atoms with Gasteiger partial charge in [0.1, 0.15) is 11.8 Å². The Bertz CT molecular complexity index is 400. The minimum absolute atomic E-state index is 0.159. The smallest absolute Gasteiger partial charge is 0.323 e. The predicted molar refractivity (Wildman–Crippen MR) is 72.1 cm³/mol. The summed E-state index contributed by atoms with van der Waals surface area (Å²) in [6.45, 7) is 0. The summed E-state index contributed by atoms with van der Waals surface area (Å²) < 4.78 is 6.19. The number of nitrogens with one attached hydrogen (secondary N) is 1. The van der Waals surface area contributed by atoms with E-state index in [0.717, 1.165) is 14.5 Å². The van der Waals surface area contributed by atoms with Gasteiger partial charge in [-0.2, -0.15) is 0 Å². The van der Waals surface area contributed by atoms with Crippen LogP contribution >= 0.6 is 31.9 Å². The van der Waals surface area contributed by atoms with Crippen LogP contribution in [0.25, 0.3) is 0 Å². The van der Waals surface area contributed by atoms with Crippen LogP contribution in [0.2, 0.25) is 0 Å². The fourth-order valence-corrected chi connectivity index (χ4v) is 2.92. The third kappa shape index (κ3) is 3.69. The SMILES string of the molecule is CN[C@@H](Cc1c(Br)cc(O)cc1Br)C(=O)OC. The first-order chi connectivity index (χ1) is 7.99. The Hall–Kier alpha value is -0.590. The average molecular weight is 367 g/mol. The van der Waals surface area contributed by atoms with Gasteiger partial charge in [0.15, 0.2) is 0 Å². The first-order valence-electron chi connectivity index (χ1n) is 4.91. The average Bonchev–Trinajstić information content (AvgIpc) is 2.27. The quantitative estimate of drug-likeness (QED) is 0.802. The lowest BCUT2D eigenvalue weighted by molar-refractivity contribution is -0.142. The molecule has 17 heavy (non-hydrogen) atoms. The third-order valence-electron chi connectivity index (χ3n) is 2.37. The molecule has 0 aliphatic heterocycles. The molecule has 0 aliphatic carbocycles. The van der Waals surface area contributed by atoms with Gasteiger partial charge in [-0.25, -0.2) is 0 Å². The van der Waals surface area contributed by atoms with E-state index in [2.05, 4.69) is 37.2 Å². The molecule has 0 fully saturated rings. The van der Waals surface area contributed by atoms with E-state index in [4.69, 9.17) is 4.74 Å². The number of phenolic OH excluding ortho intramolecular Hbond substituents is 1. The highest BCUT2D eigenvalue weighted by atomic mass is 79.9. The second-order valence-electron chi connectivity index (χ2n) is 3.46. The van der Waals surface area contributed by atoms with Crippen LogP contribution in [0.1, 0.15) is 5.56 Å². The summed E-state index contributed by atoms with van der Waals surface area (Å²) in [6, 6.07) is 2.76. The monoisotopic (exact) mass is 365 g/mol. The van der Waals surface area contributed by atoms with E-state index in [1.165, 1.54) is 7.11 Å². The van der Waals surface area contributed by atoms with Crippen molar-refractivity contribution in [2.45, 2.75) is 12.5 Å². The van der Waals surface area contributed by atoms with Crippen molar-refractivity contribution in [1.82, 2.24) is 5.32 Å². The molecule has 6 heteroatoms. The van der Waals surface area contributed by atoms with Crippen LogP contribution in [0.4, 0.5) is 0 Å². The number of esters is 1. The number of carbonyl (C=O) groups excluding carboxylic acids is 1. The van der Waals surface area contributed by atoms with E-state index < -0.39 is 6.04 Å². The number of likely N-dealkylation sites (N-methyl/N-ethyl adjacent to an activating group) is 1. The van der Waals surface area contributed by atoms with Crippen LogP contribution in [0.3, 0.4) is 0 Å². The number of halogens is 2. The van der Waals surface area contributed by atoms with Gasteiger partial charge in [-0.1, -0.05) is 31.9 Å². The van der Waals surface area contributed by atoms with Crippen molar-refractivity contribution in [2.75, 3.05) is 14.2 Å². The molecule has 0 aromatic heterocycles. The predicted octanol–water partition coefficient (Wildman–Crippen LogP) is 2.22. The van der Waals surface area contributed by atoms with Crippen molar-refractivity contribution in [3.63, 3.8) is 0 Å². The summed E-state index contributed by atoms with van der Waals surface area (Å²) in [5, 5.41) is 12.3. The molecule has 2 N–H and O–H groups in total. The van der Waals surface area contributed by atoms with E-state index in [9.17, 15) is 9.90 Å². The van der Waals surface area contributed by atoms with Crippen LogP contribution in [0.15, 0.2) is 21.1 Å². The van der Waals surface area contributed by atoms with Crippen molar-refractivity contribution >= 4 is 37.8 Å². The molecule has 1 atom stereocenters. The van der Waals surface area contributed by atoms with E-state index in [-0.39, 0.29) is 11.7 Å². The van der Waals surface area contributed by atoms with Gasteiger partial charge in [-0.15, -0.1) is 0 Å². The molecule has 0 unspecified atom stereocenters.